The van der Waals surface area contributed by atoms with Crippen molar-refractivity contribution in [1.82, 2.24) is 10.1 Å². The summed E-state index contributed by atoms with van der Waals surface area (Å²) in [4.78, 5) is 4.13. The number of halogens is 1. The number of aliphatic hydroxyl groups excluding tert-OH is 1. The van der Waals surface area contributed by atoms with Crippen molar-refractivity contribution in [3.05, 3.63) is 36.0 Å². The summed E-state index contributed by atoms with van der Waals surface area (Å²) < 4.78 is 18.6. The molecule has 96 valence electrons. The minimum absolute atomic E-state index is 0.207. The van der Waals surface area contributed by atoms with Gasteiger partial charge in [0.05, 0.1) is 17.6 Å². The van der Waals surface area contributed by atoms with E-state index in [0.717, 1.165) is 0 Å². The van der Waals surface area contributed by atoms with E-state index < -0.39 is 11.9 Å². The third kappa shape index (κ3) is 2.41. The average Bonchev–Trinajstić information content (AvgIpc) is 2.87. The van der Waals surface area contributed by atoms with Gasteiger partial charge in [0.2, 0.25) is 11.7 Å². The highest BCUT2D eigenvalue weighted by atomic mass is 19.1. The van der Waals surface area contributed by atoms with Crippen LogP contribution in [-0.2, 0) is 0 Å². The van der Waals surface area contributed by atoms with Crippen molar-refractivity contribution in [2.75, 3.05) is 0 Å². The van der Waals surface area contributed by atoms with Crippen molar-refractivity contribution in [3.8, 4) is 11.4 Å². The first-order valence-corrected chi connectivity index (χ1v) is 5.90. The molecule has 1 N–H and O–H groups in total. The molecular formula is C13H15FN2O2. The zero-order valence-electron chi connectivity index (χ0n) is 10.3. The lowest BCUT2D eigenvalue weighted by Gasteiger charge is -2.11. The number of rotatable bonds is 4. The SMILES string of the molecule is CCC(O)C(C)c1nc(-c2ccccc2F)no1. The summed E-state index contributed by atoms with van der Waals surface area (Å²) in [5.74, 6) is -0.127. The van der Waals surface area contributed by atoms with E-state index >= 15 is 0 Å². The summed E-state index contributed by atoms with van der Waals surface area (Å²) in [6, 6.07) is 6.24. The maximum Gasteiger partial charge on any atom is 0.232 e. The summed E-state index contributed by atoms with van der Waals surface area (Å²) in [7, 11) is 0. The Morgan fingerprint density at radius 1 is 1.39 bits per heavy atom. The minimum atomic E-state index is -0.543. The second kappa shape index (κ2) is 5.27. The van der Waals surface area contributed by atoms with Crippen molar-refractivity contribution >= 4 is 0 Å². The fraction of sp³-hybridized carbons (Fsp3) is 0.385. The Balaban J connectivity index is 2.29. The number of nitrogens with zero attached hydrogens (tertiary/aromatic N) is 2. The van der Waals surface area contributed by atoms with Crippen LogP contribution in [0.5, 0.6) is 0 Å². The van der Waals surface area contributed by atoms with Gasteiger partial charge in [0.25, 0.3) is 0 Å². The van der Waals surface area contributed by atoms with E-state index in [9.17, 15) is 9.50 Å². The minimum Gasteiger partial charge on any atom is -0.392 e. The molecule has 0 amide bonds. The largest absolute Gasteiger partial charge is 0.392 e. The number of aromatic nitrogens is 2. The first kappa shape index (κ1) is 12.7. The van der Waals surface area contributed by atoms with Crippen LogP contribution in [0, 0.1) is 5.82 Å². The molecule has 0 fully saturated rings. The molecule has 4 nitrogen and oxygen atoms in total. The maximum atomic E-state index is 13.5. The predicted octanol–water partition coefficient (Wildman–Crippen LogP) is 2.75. The summed E-state index contributed by atoms with van der Waals surface area (Å²) >= 11 is 0. The van der Waals surface area contributed by atoms with Crippen LogP contribution in [0.4, 0.5) is 4.39 Å². The summed E-state index contributed by atoms with van der Waals surface area (Å²) in [6.45, 7) is 3.67. The number of hydrogen-bond acceptors (Lipinski definition) is 4. The van der Waals surface area contributed by atoms with Crippen molar-refractivity contribution in [3.63, 3.8) is 0 Å². The molecule has 2 unspecified atom stereocenters. The molecule has 0 saturated heterocycles. The fourth-order valence-electron chi connectivity index (χ4n) is 1.69. The van der Waals surface area contributed by atoms with Gasteiger partial charge in [0.15, 0.2) is 0 Å². The average molecular weight is 250 g/mol. The van der Waals surface area contributed by atoms with Gasteiger partial charge in [-0.2, -0.15) is 4.98 Å². The van der Waals surface area contributed by atoms with E-state index in [2.05, 4.69) is 10.1 Å². The number of aliphatic hydroxyl groups is 1. The third-order valence-corrected chi connectivity index (χ3v) is 2.94. The van der Waals surface area contributed by atoms with Gasteiger partial charge in [0, 0.05) is 0 Å². The monoisotopic (exact) mass is 250 g/mol. The van der Waals surface area contributed by atoms with Crippen LogP contribution in [-0.4, -0.2) is 21.4 Å². The lowest BCUT2D eigenvalue weighted by atomic mass is 10.0. The molecule has 0 radical (unpaired) electrons. The van der Waals surface area contributed by atoms with E-state index in [4.69, 9.17) is 4.52 Å². The van der Waals surface area contributed by atoms with Gasteiger partial charge >= 0.3 is 0 Å². The van der Waals surface area contributed by atoms with Gasteiger partial charge in [-0.25, -0.2) is 4.39 Å². The summed E-state index contributed by atoms with van der Waals surface area (Å²) in [5.41, 5.74) is 0.297. The normalized spacial score (nSPS) is 14.4. The maximum absolute atomic E-state index is 13.5. The molecule has 5 heteroatoms. The fourth-order valence-corrected chi connectivity index (χ4v) is 1.69. The van der Waals surface area contributed by atoms with Gasteiger partial charge in [-0.05, 0) is 18.6 Å². The van der Waals surface area contributed by atoms with Crippen LogP contribution in [0.25, 0.3) is 11.4 Å². The van der Waals surface area contributed by atoms with Crippen LogP contribution in [0.2, 0.25) is 0 Å². The van der Waals surface area contributed by atoms with E-state index in [1.807, 2.05) is 6.92 Å². The molecule has 0 aliphatic carbocycles. The molecule has 2 aromatic rings. The first-order chi connectivity index (χ1) is 8.63. The van der Waals surface area contributed by atoms with Gasteiger partial charge in [-0.1, -0.05) is 31.1 Å². The van der Waals surface area contributed by atoms with Crippen molar-refractivity contribution in [2.45, 2.75) is 32.3 Å². The topological polar surface area (TPSA) is 59.2 Å². The molecular weight excluding hydrogens is 235 g/mol. The lowest BCUT2D eigenvalue weighted by Crippen LogP contribution is -2.14. The molecule has 0 spiro atoms. The zero-order chi connectivity index (χ0) is 13.1. The van der Waals surface area contributed by atoms with Crippen LogP contribution in [0.15, 0.2) is 28.8 Å². The second-order valence-electron chi connectivity index (χ2n) is 4.20. The Morgan fingerprint density at radius 3 is 2.78 bits per heavy atom. The van der Waals surface area contributed by atoms with Gasteiger partial charge < -0.3 is 9.63 Å². The number of benzene rings is 1. The highest BCUT2D eigenvalue weighted by Crippen LogP contribution is 2.24. The molecule has 0 aliphatic heterocycles. The molecule has 2 atom stereocenters. The van der Waals surface area contributed by atoms with Crippen molar-refractivity contribution < 1.29 is 14.0 Å². The molecule has 0 bridgehead atoms. The van der Waals surface area contributed by atoms with Gasteiger partial charge in [-0.15, -0.1) is 0 Å². The van der Waals surface area contributed by atoms with Crippen LogP contribution in [0.3, 0.4) is 0 Å². The lowest BCUT2D eigenvalue weighted by molar-refractivity contribution is 0.129. The molecule has 18 heavy (non-hydrogen) atoms. The third-order valence-electron chi connectivity index (χ3n) is 2.94. The Kier molecular flexibility index (Phi) is 3.72. The molecule has 1 aromatic heterocycles. The molecule has 0 aliphatic rings. The van der Waals surface area contributed by atoms with E-state index in [1.165, 1.54) is 6.07 Å². The first-order valence-electron chi connectivity index (χ1n) is 5.90. The Bertz CT molecular complexity index is 527. The van der Waals surface area contributed by atoms with Gasteiger partial charge in [-0.3, -0.25) is 0 Å². The standard InChI is InChI=1S/C13H15FN2O2/c1-3-11(17)8(2)13-15-12(16-18-13)9-6-4-5-7-10(9)14/h4-8,11,17H,3H2,1-2H3. The molecule has 2 rings (SSSR count). The molecule has 1 aromatic carbocycles. The summed E-state index contributed by atoms with van der Waals surface area (Å²) in [6.07, 6.45) is 0.0531. The Morgan fingerprint density at radius 2 is 2.11 bits per heavy atom. The van der Waals surface area contributed by atoms with Crippen molar-refractivity contribution in [1.29, 1.82) is 0 Å². The number of hydrogen-bond donors (Lipinski definition) is 1. The van der Waals surface area contributed by atoms with E-state index in [-0.39, 0.29) is 11.7 Å². The Labute approximate surface area is 104 Å². The van der Waals surface area contributed by atoms with E-state index in [1.54, 1.807) is 25.1 Å². The highest BCUT2D eigenvalue weighted by Gasteiger charge is 2.22. The van der Waals surface area contributed by atoms with Crippen LogP contribution in [0.1, 0.15) is 32.1 Å². The molecule has 0 saturated carbocycles. The van der Waals surface area contributed by atoms with Crippen LogP contribution < -0.4 is 0 Å². The quantitative estimate of drug-likeness (QED) is 0.906. The van der Waals surface area contributed by atoms with E-state index in [0.29, 0.717) is 17.9 Å². The molecule has 1 heterocycles. The smallest absolute Gasteiger partial charge is 0.232 e. The van der Waals surface area contributed by atoms with Gasteiger partial charge in [0.1, 0.15) is 5.82 Å². The zero-order valence-corrected chi connectivity index (χ0v) is 10.3. The Hall–Kier alpha value is -1.75. The summed E-state index contributed by atoms with van der Waals surface area (Å²) in [5, 5.41) is 13.5. The van der Waals surface area contributed by atoms with Crippen molar-refractivity contribution in [2.24, 2.45) is 0 Å². The van der Waals surface area contributed by atoms with Crippen LogP contribution >= 0.6 is 0 Å². The predicted molar refractivity (Wildman–Crippen MR) is 64.4 cm³/mol. The highest BCUT2D eigenvalue weighted by molar-refractivity contribution is 5.54. The second-order valence-corrected chi connectivity index (χ2v) is 4.20.